The van der Waals surface area contributed by atoms with E-state index in [0.29, 0.717) is 29.1 Å². The molecule has 0 aromatic carbocycles. The maximum atomic E-state index is 12.6. The van der Waals surface area contributed by atoms with Crippen molar-refractivity contribution in [2.24, 2.45) is 0 Å². The van der Waals surface area contributed by atoms with Crippen LogP contribution in [0.3, 0.4) is 0 Å². The summed E-state index contributed by atoms with van der Waals surface area (Å²) < 4.78 is 1.82. The van der Waals surface area contributed by atoms with Crippen LogP contribution < -0.4 is 10.9 Å². The highest BCUT2D eigenvalue weighted by Crippen LogP contribution is 2.25. The Bertz CT molecular complexity index is 673. The number of anilines is 1. The summed E-state index contributed by atoms with van der Waals surface area (Å²) in [6, 6.07) is 4.17. The van der Waals surface area contributed by atoms with E-state index in [1.165, 1.54) is 11.3 Å². The molecule has 0 aliphatic rings. The lowest BCUT2D eigenvalue weighted by atomic mass is 10.1. The summed E-state index contributed by atoms with van der Waals surface area (Å²) in [4.78, 5) is 12.6. The Morgan fingerprint density at radius 3 is 2.52 bits per heavy atom. The second kappa shape index (κ2) is 6.39. The highest BCUT2D eigenvalue weighted by Gasteiger charge is 2.15. The highest BCUT2D eigenvalue weighted by molar-refractivity contribution is 7.18. The van der Waals surface area contributed by atoms with E-state index >= 15 is 0 Å². The fourth-order valence-corrected chi connectivity index (χ4v) is 3.13. The summed E-state index contributed by atoms with van der Waals surface area (Å²) in [5.74, 6) is 0.319. The quantitative estimate of drug-likeness (QED) is 0.920. The molecule has 2 heterocycles. The standard InChI is InChI=1S/C15H22N4OS/c1-6-19-12(9(2)3)8-7-11(14(19)20)13-17-18-15(21-13)16-10(4)5/h7-10H,6H2,1-5H3,(H,16,18). The minimum Gasteiger partial charge on any atom is -0.358 e. The Morgan fingerprint density at radius 2 is 1.95 bits per heavy atom. The van der Waals surface area contributed by atoms with Gasteiger partial charge in [-0.2, -0.15) is 0 Å². The molecular formula is C15H22N4OS. The van der Waals surface area contributed by atoms with E-state index in [1.54, 1.807) is 0 Å². The molecule has 0 spiro atoms. The molecule has 0 unspecified atom stereocenters. The number of hydrogen-bond acceptors (Lipinski definition) is 5. The lowest BCUT2D eigenvalue weighted by Crippen LogP contribution is -2.24. The van der Waals surface area contributed by atoms with Crippen molar-refractivity contribution in [3.8, 4) is 10.6 Å². The molecule has 0 aliphatic heterocycles. The Kier molecular flexibility index (Phi) is 4.77. The SMILES string of the molecule is CCn1c(C(C)C)ccc(-c2nnc(NC(C)C)s2)c1=O. The zero-order valence-electron chi connectivity index (χ0n) is 13.2. The minimum absolute atomic E-state index is 0.0101. The smallest absolute Gasteiger partial charge is 0.261 e. The van der Waals surface area contributed by atoms with E-state index in [-0.39, 0.29) is 5.56 Å². The summed E-state index contributed by atoms with van der Waals surface area (Å²) >= 11 is 1.42. The number of nitrogens with one attached hydrogen (secondary N) is 1. The summed E-state index contributed by atoms with van der Waals surface area (Å²) in [6.07, 6.45) is 0. The third-order valence-corrected chi connectivity index (χ3v) is 4.07. The zero-order chi connectivity index (χ0) is 15.6. The predicted octanol–water partition coefficient (Wildman–Crippen LogP) is 3.33. The van der Waals surface area contributed by atoms with Crippen LogP contribution in [0.2, 0.25) is 0 Å². The van der Waals surface area contributed by atoms with E-state index in [1.807, 2.05) is 37.5 Å². The van der Waals surface area contributed by atoms with Crippen LogP contribution in [0.4, 0.5) is 5.13 Å². The van der Waals surface area contributed by atoms with Gasteiger partial charge >= 0.3 is 0 Å². The fourth-order valence-electron chi connectivity index (χ4n) is 2.22. The zero-order valence-corrected chi connectivity index (χ0v) is 14.0. The van der Waals surface area contributed by atoms with Crippen LogP contribution in [-0.2, 0) is 6.54 Å². The van der Waals surface area contributed by atoms with Gasteiger partial charge in [0.25, 0.3) is 5.56 Å². The molecule has 0 saturated carbocycles. The van der Waals surface area contributed by atoms with Crippen molar-refractivity contribution < 1.29 is 0 Å². The maximum Gasteiger partial charge on any atom is 0.261 e. The van der Waals surface area contributed by atoms with Crippen LogP contribution in [0.15, 0.2) is 16.9 Å². The van der Waals surface area contributed by atoms with Crippen LogP contribution in [0.1, 0.15) is 46.2 Å². The first-order valence-corrected chi connectivity index (χ1v) is 8.09. The van der Waals surface area contributed by atoms with E-state index in [0.717, 1.165) is 10.8 Å². The van der Waals surface area contributed by atoms with Gasteiger partial charge < -0.3 is 9.88 Å². The molecule has 2 rings (SSSR count). The largest absolute Gasteiger partial charge is 0.358 e. The average molecular weight is 306 g/mol. The molecule has 2 aromatic rings. The summed E-state index contributed by atoms with van der Waals surface area (Å²) in [6.45, 7) is 10.9. The van der Waals surface area contributed by atoms with Gasteiger partial charge in [-0.05, 0) is 38.8 Å². The van der Waals surface area contributed by atoms with Gasteiger partial charge in [0.2, 0.25) is 5.13 Å². The average Bonchev–Trinajstić information content (AvgIpc) is 2.85. The molecule has 0 bridgehead atoms. The van der Waals surface area contributed by atoms with Crippen molar-refractivity contribution in [1.82, 2.24) is 14.8 Å². The number of aromatic nitrogens is 3. The Balaban J connectivity index is 2.45. The van der Waals surface area contributed by atoms with Crippen molar-refractivity contribution >= 4 is 16.5 Å². The minimum atomic E-state index is 0.0101. The third kappa shape index (κ3) is 3.32. The van der Waals surface area contributed by atoms with Gasteiger partial charge in [-0.3, -0.25) is 4.79 Å². The van der Waals surface area contributed by atoms with E-state index in [2.05, 4.69) is 29.4 Å². The first-order chi connectivity index (χ1) is 9.93. The molecule has 0 saturated heterocycles. The molecule has 21 heavy (non-hydrogen) atoms. The van der Waals surface area contributed by atoms with Crippen LogP contribution in [0, 0.1) is 0 Å². The van der Waals surface area contributed by atoms with Gasteiger partial charge in [-0.15, -0.1) is 10.2 Å². The number of rotatable bonds is 5. The normalized spacial score (nSPS) is 11.4. The van der Waals surface area contributed by atoms with Crippen molar-refractivity contribution in [3.63, 3.8) is 0 Å². The topological polar surface area (TPSA) is 59.8 Å². The molecule has 2 aromatic heterocycles. The lowest BCUT2D eigenvalue weighted by Gasteiger charge is -2.14. The Hall–Kier alpha value is -1.69. The van der Waals surface area contributed by atoms with Crippen molar-refractivity contribution in [3.05, 3.63) is 28.2 Å². The predicted molar refractivity (Wildman–Crippen MR) is 88.1 cm³/mol. The summed E-state index contributed by atoms with van der Waals surface area (Å²) in [5, 5.41) is 12.9. The van der Waals surface area contributed by atoms with E-state index in [9.17, 15) is 4.79 Å². The van der Waals surface area contributed by atoms with Gasteiger partial charge in [0.1, 0.15) is 0 Å². The summed E-state index contributed by atoms with van der Waals surface area (Å²) in [5.41, 5.74) is 1.68. The van der Waals surface area contributed by atoms with Crippen LogP contribution in [-0.4, -0.2) is 20.8 Å². The van der Waals surface area contributed by atoms with Gasteiger partial charge in [-0.25, -0.2) is 0 Å². The number of hydrogen-bond donors (Lipinski definition) is 1. The van der Waals surface area contributed by atoms with E-state index < -0.39 is 0 Å². The van der Waals surface area contributed by atoms with Crippen molar-refractivity contribution in [2.75, 3.05) is 5.32 Å². The molecule has 0 amide bonds. The van der Waals surface area contributed by atoms with Gasteiger partial charge in [-0.1, -0.05) is 25.2 Å². The van der Waals surface area contributed by atoms with Crippen LogP contribution >= 0.6 is 11.3 Å². The molecule has 0 fully saturated rings. The first-order valence-electron chi connectivity index (χ1n) is 7.28. The highest BCUT2D eigenvalue weighted by atomic mass is 32.1. The molecule has 5 nitrogen and oxygen atoms in total. The number of pyridine rings is 1. The van der Waals surface area contributed by atoms with Crippen molar-refractivity contribution in [2.45, 2.75) is 53.1 Å². The first kappa shape index (κ1) is 15.7. The molecule has 0 radical (unpaired) electrons. The molecule has 1 N–H and O–H groups in total. The monoisotopic (exact) mass is 306 g/mol. The number of nitrogens with zero attached hydrogens (tertiary/aromatic N) is 3. The second-order valence-corrected chi connectivity index (χ2v) is 6.56. The molecule has 0 aliphatic carbocycles. The van der Waals surface area contributed by atoms with Crippen LogP contribution in [0.25, 0.3) is 10.6 Å². The second-order valence-electron chi connectivity index (χ2n) is 5.59. The molecular weight excluding hydrogens is 284 g/mol. The van der Waals surface area contributed by atoms with Gasteiger partial charge in [0.15, 0.2) is 5.01 Å². The molecule has 114 valence electrons. The third-order valence-electron chi connectivity index (χ3n) is 3.18. The van der Waals surface area contributed by atoms with Gasteiger partial charge in [0, 0.05) is 18.3 Å². The van der Waals surface area contributed by atoms with Crippen LogP contribution in [0.5, 0.6) is 0 Å². The summed E-state index contributed by atoms with van der Waals surface area (Å²) in [7, 11) is 0. The Morgan fingerprint density at radius 1 is 1.24 bits per heavy atom. The van der Waals surface area contributed by atoms with Crippen molar-refractivity contribution in [1.29, 1.82) is 0 Å². The molecule has 0 atom stereocenters. The molecule has 6 heteroatoms. The lowest BCUT2D eigenvalue weighted by molar-refractivity contribution is 0.641. The van der Waals surface area contributed by atoms with E-state index in [4.69, 9.17) is 0 Å². The van der Waals surface area contributed by atoms with Gasteiger partial charge in [0.05, 0.1) is 5.56 Å². The maximum absolute atomic E-state index is 12.6. The fraction of sp³-hybridized carbons (Fsp3) is 0.533. The Labute approximate surface area is 129 Å².